The van der Waals surface area contributed by atoms with Gasteiger partial charge >= 0.3 is 6.18 Å². The second-order valence-electron chi connectivity index (χ2n) is 4.44. The molecule has 0 heterocycles. The van der Waals surface area contributed by atoms with Crippen molar-refractivity contribution in [2.45, 2.75) is 38.9 Å². The summed E-state index contributed by atoms with van der Waals surface area (Å²) < 4.78 is 41.6. The van der Waals surface area contributed by atoms with Crippen LogP contribution in [-0.4, -0.2) is 13.3 Å². The minimum atomic E-state index is -4.16. The molecule has 2 N–H and O–H groups in total. The van der Waals surface area contributed by atoms with Gasteiger partial charge in [-0.25, -0.2) is 0 Å². The number of nitrogens with two attached hydrogens (primary N) is 1. The molecule has 0 saturated carbocycles. The van der Waals surface area contributed by atoms with E-state index in [1.165, 1.54) is 0 Å². The van der Waals surface area contributed by atoms with Crippen molar-refractivity contribution in [2.24, 2.45) is 5.73 Å². The maximum absolute atomic E-state index is 12.2. The van der Waals surface area contributed by atoms with Crippen LogP contribution in [0.4, 0.5) is 13.2 Å². The first-order valence-corrected chi connectivity index (χ1v) is 5.72. The Labute approximate surface area is 105 Å². The molecule has 1 unspecified atom stereocenters. The quantitative estimate of drug-likeness (QED) is 0.897. The number of alkyl halides is 3. The number of halogens is 3. The van der Waals surface area contributed by atoms with E-state index in [9.17, 15) is 13.2 Å². The zero-order chi connectivity index (χ0) is 13.9. The van der Waals surface area contributed by atoms with Crippen molar-refractivity contribution in [3.05, 3.63) is 28.8 Å². The van der Waals surface area contributed by atoms with E-state index in [-0.39, 0.29) is 6.42 Å². The summed E-state index contributed by atoms with van der Waals surface area (Å²) >= 11 is 0. The second-order valence-corrected chi connectivity index (χ2v) is 4.44. The Kier molecular flexibility index (Phi) is 4.62. The zero-order valence-electron chi connectivity index (χ0n) is 10.8. The molecule has 0 saturated heterocycles. The average Bonchev–Trinajstić information content (AvgIpc) is 2.27. The van der Waals surface area contributed by atoms with Gasteiger partial charge in [-0.05, 0) is 43.0 Å². The van der Waals surface area contributed by atoms with E-state index in [0.29, 0.717) is 0 Å². The van der Waals surface area contributed by atoms with Crippen molar-refractivity contribution >= 4 is 0 Å². The molecular weight excluding hydrogens is 243 g/mol. The second kappa shape index (κ2) is 5.61. The summed E-state index contributed by atoms with van der Waals surface area (Å²) in [7, 11) is 1.56. The lowest BCUT2D eigenvalue weighted by atomic mass is 9.96. The fourth-order valence-electron chi connectivity index (χ4n) is 1.91. The minimum Gasteiger partial charge on any atom is -0.496 e. The van der Waals surface area contributed by atoms with Gasteiger partial charge in [-0.15, -0.1) is 0 Å². The van der Waals surface area contributed by atoms with Crippen LogP contribution in [0.25, 0.3) is 0 Å². The molecule has 0 radical (unpaired) electrons. The molecule has 1 aromatic rings. The molecule has 18 heavy (non-hydrogen) atoms. The largest absolute Gasteiger partial charge is 0.496 e. The van der Waals surface area contributed by atoms with Gasteiger partial charge in [0.15, 0.2) is 0 Å². The number of hydrogen-bond donors (Lipinski definition) is 1. The molecule has 1 rings (SSSR count). The Balaban J connectivity index is 2.86. The average molecular weight is 261 g/mol. The fourth-order valence-corrected chi connectivity index (χ4v) is 1.91. The summed E-state index contributed by atoms with van der Waals surface area (Å²) in [6.45, 7) is 3.67. The summed E-state index contributed by atoms with van der Waals surface area (Å²) in [5.41, 5.74) is 8.30. The van der Waals surface area contributed by atoms with Crippen LogP contribution in [0.5, 0.6) is 5.75 Å². The van der Waals surface area contributed by atoms with Gasteiger partial charge in [-0.2, -0.15) is 13.2 Å². The molecule has 0 aromatic heterocycles. The van der Waals surface area contributed by atoms with Crippen LogP contribution in [0.3, 0.4) is 0 Å². The first-order chi connectivity index (χ1) is 8.24. The molecule has 0 bridgehead atoms. The molecule has 0 aliphatic rings. The lowest BCUT2D eigenvalue weighted by molar-refractivity contribution is -0.136. The van der Waals surface area contributed by atoms with Crippen LogP contribution in [0, 0.1) is 13.8 Å². The van der Waals surface area contributed by atoms with Crippen LogP contribution < -0.4 is 10.5 Å². The Bertz CT molecular complexity index is 415. The molecule has 0 aliphatic heterocycles. The SMILES string of the molecule is COc1cc(C)c(C(N)CCC(F)(F)F)cc1C. The topological polar surface area (TPSA) is 35.2 Å². The van der Waals surface area contributed by atoms with E-state index < -0.39 is 18.6 Å². The van der Waals surface area contributed by atoms with Crippen LogP contribution >= 0.6 is 0 Å². The lowest BCUT2D eigenvalue weighted by Crippen LogP contribution is -2.17. The van der Waals surface area contributed by atoms with Gasteiger partial charge in [0.05, 0.1) is 7.11 Å². The first kappa shape index (κ1) is 14.8. The molecule has 0 spiro atoms. The third-order valence-corrected chi connectivity index (χ3v) is 2.92. The molecule has 1 atom stereocenters. The maximum Gasteiger partial charge on any atom is 0.389 e. The number of methoxy groups -OCH3 is 1. The van der Waals surface area contributed by atoms with E-state index in [1.54, 1.807) is 19.2 Å². The molecule has 0 aliphatic carbocycles. The van der Waals surface area contributed by atoms with E-state index in [2.05, 4.69) is 0 Å². The minimum absolute atomic E-state index is 0.101. The van der Waals surface area contributed by atoms with Crippen molar-refractivity contribution < 1.29 is 17.9 Å². The molecule has 1 aromatic carbocycles. The van der Waals surface area contributed by atoms with Gasteiger partial charge in [0, 0.05) is 12.5 Å². The molecule has 5 heteroatoms. The monoisotopic (exact) mass is 261 g/mol. The van der Waals surface area contributed by atoms with Gasteiger partial charge in [0.25, 0.3) is 0 Å². The van der Waals surface area contributed by atoms with Crippen molar-refractivity contribution in [1.29, 1.82) is 0 Å². The Morgan fingerprint density at radius 1 is 1.22 bits per heavy atom. The maximum atomic E-state index is 12.2. The summed E-state index contributed by atoms with van der Waals surface area (Å²) in [4.78, 5) is 0. The van der Waals surface area contributed by atoms with Crippen LogP contribution in [0.2, 0.25) is 0 Å². The van der Waals surface area contributed by atoms with Crippen molar-refractivity contribution in [3.8, 4) is 5.75 Å². The van der Waals surface area contributed by atoms with Gasteiger partial charge < -0.3 is 10.5 Å². The molecule has 2 nitrogen and oxygen atoms in total. The Hall–Kier alpha value is -1.23. The summed E-state index contributed by atoms with van der Waals surface area (Å²) in [6, 6.07) is 3.00. The summed E-state index contributed by atoms with van der Waals surface area (Å²) in [5.74, 6) is 0.722. The normalized spacial score (nSPS) is 13.5. The highest BCUT2D eigenvalue weighted by Gasteiger charge is 2.28. The zero-order valence-corrected chi connectivity index (χ0v) is 10.8. The van der Waals surface area contributed by atoms with Gasteiger partial charge in [-0.3, -0.25) is 0 Å². The van der Waals surface area contributed by atoms with Crippen molar-refractivity contribution in [2.75, 3.05) is 7.11 Å². The molecule has 0 amide bonds. The van der Waals surface area contributed by atoms with Crippen LogP contribution in [-0.2, 0) is 0 Å². The third-order valence-electron chi connectivity index (χ3n) is 2.92. The van der Waals surface area contributed by atoms with Gasteiger partial charge in [0.2, 0.25) is 0 Å². The fraction of sp³-hybridized carbons (Fsp3) is 0.538. The molecule has 0 fully saturated rings. The predicted molar refractivity (Wildman–Crippen MR) is 64.7 cm³/mol. The number of benzene rings is 1. The van der Waals surface area contributed by atoms with Gasteiger partial charge in [-0.1, -0.05) is 6.07 Å². The van der Waals surface area contributed by atoms with Crippen molar-refractivity contribution in [3.63, 3.8) is 0 Å². The smallest absolute Gasteiger partial charge is 0.389 e. The predicted octanol–water partition coefficient (Wildman–Crippen LogP) is 3.65. The highest BCUT2D eigenvalue weighted by molar-refractivity contribution is 5.42. The Morgan fingerprint density at radius 2 is 1.83 bits per heavy atom. The standard InChI is InChI=1S/C13H18F3NO/c1-8-7-12(18-3)9(2)6-10(8)11(17)4-5-13(14,15)16/h6-7,11H,4-5,17H2,1-3H3. The summed E-state index contributed by atoms with van der Waals surface area (Å²) in [5, 5.41) is 0. The van der Waals surface area contributed by atoms with E-state index in [1.807, 2.05) is 13.8 Å². The molecular formula is C13H18F3NO. The number of rotatable bonds is 4. The third kappa shape index (κ3) is 3.91. The number of ether oxygens (including phenoxy) is 1. The highest BCUT2D eigenvalue weighted by atomic mass is 19.4. The summed E-state index contributed by atoms with van der Waals surface area (Å²) in [6.07, 6.45) is -5.12. The molecule has 102 valence electrons. The van der Waals surface area contributed by atoms with E-state index in [4.69, 9.17) is 10.5 Å². The van der Waals surface area contributed by atoms with Crippen LogP contribution in [0.15, 0.2) is 12.1 Å². The lowest BCUT2D eigenvalue weighted by Gasteiger charge is -2.18. The van der Waals surface area contributed by atoms with Gasteiger partial charge in [0.1, 0.15) is 5.75 Å². The number of hydrogen-bond acceptors (Lipinski definition) is 2. The highest BCUT2D eigenvalue weighted by Crippen LogP contribution is 2.30. The van der Waals surface area contributed by atoms with E-state index in [0.717, 1.165) is 22.4 Å². The van der Waals surface area contributed by atoms with Crippen LogP contribution in [0.1, 0.15) is 35.6 Å². The first-order valence-electron chi connectivity index (χ1n) is 5.72. The number of aryl methyl sites for hydroxylation is 2. The van der Waals surface area contributed by atoms with E-state index >= 15 is 0 Å². The Morgan fingerprint density at radius 3 is 2.33 bits per heavy atom. The van der Waals surface area contributed by atoms with Crippen molar-refractivity contribution in [1.82, 2.24) is 0 Å².